The number of aliphatic hydroxyl groups excluding tert-OH is 1. The van der Waals surface area contributed by atoms with Crippen molar-refractivity contribution in [1.29, 1.82) is 0 Å². The van der Waals surface area contributed by atoms with Gasteiger partial charge in [-0.3, -0.25) is 9.36 Å². The van der Waals surface area contributed by atoms with E-state index in [4.69, 9.17) is 0 Å². The third kappa shape index (κ3) is 11.8. The Bertz CT molecular complexity index is 1010. The summed E-state index contributed by atoms with van der Waals surface area (Å²) >= 11 is 0.0374. The van der Waals surface area contributed by atoms with Gasteiger partial charge >= 0.3 is 177 Å². The van der Waals surface area contributed by atoms with Crippen LogP contribution in [-0.4, -0.2) is 45.6 Å². The summed E-state index contributed by atoms with van der Waals surface area (Å²) in [6, 6.07) is 0. The summed E-state index contributed by atoms with van der Waals surface area (Å²) in [7, 11) is 3.46. The van der Waals surface area contributed by atoms with Crippen molar-refractivity contribution < 1.29 is 5.11 Å². The van der Waals surface area contributed by atoms with Gasteiger partial charge in [0.05, 0.1) is 6.33 Å². The number of unbranched alkanes of at least 4 members (excludes halogenated alkanes) is 15. The monoisotopic (exact) mass is 594 g/mol. The van der Waals surface area contributed by atoms with Crippen molar-refractivity contribution in [2.75, 3.05) is 0 Å². The van der Waals surface area contributed by atoms with Gasteiger partial charge in [0.25, 0.3) is 5.56 Å². The first-order chi connectivity index (χ1) is 18.5. The minimum atomic E-state index is -0.286. The van der Waals surface area contributed by atoms with Gasteiger partial charge in [0.2, 0.25) is 0 Å². The van der Waals surface area contributed by atoms with Gasteiger partial charge in [0.1, 0.15) is 0 Å². The van der Waals surface area contributed by atoms with Crippen molar-refractivity contribution in [3.05, 3.63) is 27.2 Å². The zero-order valence-corrected chi connectivity index (χ0v) is 26.7. The van der Waals surface area contributed by atoms with Crippen LogP contribution in [0.2, 0.25) is 10.4 Å². The summed E-state index contributed by atoms with van der Waals surface area (Å²) in [5.41, 5.74) is 0.398. The Balaban J connectivity index is 1.41. The second kappa shape index (κ2) is 19.7. The van der Waals surface area contributed by atoms with Gasteiger partial charge < -0.3 is 4.57 Å². The van der Waals surface area contributed by atoms with Crippen LogP contribution < -0.4 is 11.2 Å². The molecule has 0 saturated carbocycles. The van der Waals surface area contributed by atoms with Crippen molar-refractivity contribution in [3.8, 4) is 0 Å². The first-order valence-electron chi connectivity index (χ1n) is 15.5. The number of aliphatic hydroxyl groups is 1. The number of aryl methyl sites for hydroxylation is 2. The molecule has 0 amide bonds. The molecular weight excluding hydrogens is 539 g/mol. The van der Waals surface area contributed by atoms with E-state index in [-0.39, 0.29) is 33.1 Å². The Labute approximate surface area is 237 Å². The first kappa shape index (κ1) is 32.9. The number of hydrogen-bond acceptors (Lipinski definition) is 4. The maximum atomic E-state index is 12.7. The predicted molar refractivity (Wildman–Crippen MR) is 162 cm³/mol. The fourth-order valence-corrected chi connectivity index (χ4v) is 7.84. The molecule has 218 valence electrons. The number of fused-ring (bicyclic) bond motifs is 1. The van der Waals surface area contributed by atoms with E-state index in [0.717, 1.165) is 37.3 Å². The van der Waals surface area contributed by atoms with Gasteiger partial charge in [0.15, 0.2) is 11.2 Å². The van der Waals surface area contributed by atoms with E-state index in [2.05, 4.69) is 11.9 Å². The Morgan fingerprint density at radius 1 is 0.816 bits per heavy atom. The number of nitrogens with zero attached hydrogens (tertiary/aromatic N) is 4. The van der Waals surface area contributed by atoms with E-state index in [0.29, 0.717) is 17.7 Å². The molecule has 0 bridgehead atoms. The molecule has 0 spiro atoms. The fraction of sp³-hybridized carbons (Fsp3) is 0.833. The van der Waals surface area contributed by atoms with Gasteiger partial charge in [-0.15, -0.1) is 0 Å². The molecule has 2 atom stereocenters. The number of aromatic nitrogens is 4. The molecule has 0 aliphatic carbocycles. The summed E-state index contributed by atoms with van der Waals surface area (Å²) < 4.78 is 4.50. The molecule has 2 heterocycles. The van der Waals surface area contributed by atoms with E-state index in [1.807, 2.05) is 0 Å². The van der Waals surface area contributed by atoms with Crippen LogP contribution in [0.5, 0.6) is 0 Å². The van der Waals surface area contributed by atoms with E-state index in [1.165, 1.54) is 97.8 Å². The number of rotatable bonds is 23. The molecule has 7 nitrogen and oxygen atoms in total. The minimum Gasteiger partial charge on any atom is -0.328 e. The zero-order valence-electron chi connectivity index (χ0n) is 24.6. The normalized spacial score (nSPS) is 12.8. The quantitative estimate of drug-likeness (QED) is 0.124. The average Bonchev–Trinajstić information content (AvgIpc) is 3.30. The second-order valence-electron chi connectivity index (χ2n) is 11.1. The van der Waals surface area contributed by atoms with Crippen LogP contribution in [0.4, 0.5) is 0 Å². The standard InChI is InChI=1S/C30H55AsN4O3/c1-4-5-6-7-8-9-10-13-16-19-22-31-24-26(36)21-18-15-12-11-14-17-20-23-35-29(37)27-28(32-25-33(27)2)34(3)30(35)38/h25-26,31,36H,4-24H2,1-3H3. The molecule has 2 unspecified atom stereocenters. The van der Waals surface area contributed by atoms with E-state index in [9.17, 15) is 14.7 Å². The minimum absolute atomic E-state index is 0.0374. The molecule has 0 aromatic carbocycles. The fourth-order valence-electron chi connectivity index (χ4n) is 5.24. The summed E-state index contributed by atoms with van der Waals surface area (Å²) in [5, 5.41) is 12.8. The molecule has 8 heteroatoms. The Kier molecular flexibility index (Phi) is 17.0. The van der Waals surface area contributed by atoms with Crippen LogP contribution in [0.3, 0.4) is 0 Å². The maximum absolute atomic E-state index is 12.7. The number of imidazole rings is 1. The van der Waals surface area contributed by atoms with Gasteiger partial charge in [-0.05, 0) is 0 Å². The van der Waals surface area contributed by atoms with Crippen LogP contribution >= 0.6 is 0 Å². The Morgan fingerprint density at radius 3 is 2.00 bits per heavy atom. The molecule has 2 rings (SSSR count). The Hall–Kier alpha value is -1.33. The van der Waals surface area contributed by atoms with Gasteiger partial charge in [0, 0.05) is 14.1 Å². The molecule has 2 aromatic rings. The molecule has 0 aliphatic rings. The summed E-state index contributed by atoms with van der Waals surface area (Å²) in [6.45, 7) is 2.74. The van der Waals surface area contributed by atoms with Crippen molar-refractivity contribution >= 4 is 26.9 Å². The van der Waals surface area contributed by atoms with Gasteiger partial charge in [-0.2, -0.15) is 0 Å². The predicted octanol–water partition coefficient (Wildman–Crippen LogP) is 6.11. The van der Waals surface area contributed by atoms with Crippen LogP contribution in [0.25, 0.3) is 11.2 Å². The van der Waals surface area contributed by atoms with Crippen LogP contribution in [0.1, 0.15) is 122 Å². The molecule has 0 aliphatic heterocycles. The number of hydrogen-bond donors (Lipinski definition) is 1. The molecule has 2 aromatic heterocycles. The smallest absolute Gasteiger partial charge is 0.328 e. The molecule has 0 radical (unpaired) electrons. The van der Waals surface area contributed by atoms with E-state index in [1.54, 1.807) is 25.0 Å². The zero-order chi connectivity index (χ0) is 27.6. The molecular formula is C30H55AsN4O3. The van der Waals surface area contributed by atoms with Crippen LogP contribution in [0.15, 0.2) is 15.9 Å². The summed E-state index contributed by atoms with van der Waals surface area (Å²) in [6.07, 6.45) is 24.2. The third-order valence-corrected chi connectivity index (χ3v) is 10.8. The first-order valence-corrected chi connectivity index (χ1v) is 18.4. The van der Waals surface area contributed by atoms with E-state index >= 15 is 0 Å². The van der Waals surface area contributed by atoms with Crippen molar-refractivity contribution in [2.45, 2.75) is 146 Å². The molecule has 1 N–H and O–H groups in total. The molecule has 0 saturated heterocycles. The van der Waals surface area contributed by atoms with E-state index < -0.39 is 0 Å². The van der Waals surface area contributed by atoms with Crippen LogP contribution in [-0.2, 0) is 20.6 Å². The van der Waals surface area contributed by atoms with Gasteiger partial charge in [-0.25, -0.2) is 9.78 Å². The van der Waals surface area contributed by atoms with Crippen molar-refractivity contribution in [1.82, 2.24) is 18.7 Å². The summed E-state index contributed by atoms with van der Waals surface area (Å²) in [5.74, 6) is 0. The van der Waals surface area contributed by atoms with Crippen molar-refractivity contribution in [2.24, 2.45) is 14.1 Å². The third-order valence-electron chi connectivity index (χ3n) is 7.71. The Morgan fingerprint density at radius 2 is 1.37 bits per heavy atom. The van der Waals surface area contributed by atoms with Crippen molar-refractivity contribution in [3.63, 3.8) is 0 Å². The SMILES string of the molecule is CCCCCCCCCCCC[AsH]CC(O)CCCCCCCCCn1c(=O)c2c(ncn2C)n(C)c1=O. The second-order valence-corrected chi connectivity index (χ2v) is 14.1. The molecule has 38 heavy (non-hydrogen) atoms. The topological polar surface area (TPSA) is 82.1 Å². The molecule has 0 fully saturated rings. The van der Waals surface area contributed by atoms with Gasteiger partial charge in [-0.1, -0.05) is 0 Å². The summed E-state index contributed by atoms with van der Waals surface area (Å²) in [4.78, 5) is 29.5. The average molecular weight is 595 g/mol. The van der Waals surface area contributed by atoms with Crippen LogP contribution in [0, 0.1) is 0 Å².